The van der Waals surface area contributed by atoms with Gasteiger partial charge in [0.2, 0.25) is 0 Å². The van der Waals surface area contributed by atoms with E-state index in [9.17, 15) is 21.6 Å². The second-order valence-corrected chi connectivity index (χ2v) is 9.52. The Balaban J connectivity index is 2.05. The van der Waals surface area contributed by atoms with E-state index in [1.807, 2.05) is 26.0 Å². The first kappa shape index (κ1) is 23.0. The molecular weight excluding hydrogens is 429 g/mol. The van der Waals surface area contributed by atoms with E-state index >= 15 is 0 Å². The lowest BCUT2D eigenvalue weighted by atomic mass is 10.0. The van der Waals surface area contributed by atoms with Crippen molar-refractivity contribution in [2.24, 2.45) is 0 Å². The Morgan fingerprint density at radius 3 is 2.16 bits per heavy atom. The number of alkyl halides is 3. The number of hydrogen-bond donors (Lipinski definition) is 0. The van der Waals surface area contributed by atoms with E-state index in [2.05, 4.69) is 5.10 Å². The Morgan fingerprint density at radius 2 is 1.65 bits per heavy atom. The molecule has 0 aliphatic heterocycles. The van der Waals surface area contributed by atoms with Crippen molar-refractivity contribution >= 4 is 9.84 Å². The van der Waals surface area contributed by atoms with Crippen molar-refractivity contribution in [2.75, 3.05) is 19.5 Å². The lowest BCUT2D eigenvalue weighted by Crippen LogP contribution is -2.11. The van der Waals surface area contributed by atoms with Crippen molar-refractivity contribution in [2.45, 2.75) is 30.8 Å². The summed E-state index contributed by atoms with van der Waals surface area (Å²) >= 11 is 0. The van der Waals surface area contributed by atoms with Crippen LogP contribution in [0.2, 0.25) is 0 Å². The molecule has 0 aliphatic carbocycles. The zero-order valence-corrected chi connectivity index (χ0v) is 18.2. The average molecular weight is 452 g/mol. The fourth-order valence-corrected chi connectivity index (χ4v) is 4.24. The van der Waals surface area contributed by atoms with Crippen LogP contribution in [0.1, 0.15) is 31.0 Å². The van der Waals surface area contributed by atoms with Crippen molar-refractivity contribution < 1.29 is 26.3 Å². The van der Waals surface area contributed by atoms with Crippen LogP contribution in [0.3, 0.4) is 0 Å². The highest BCUT2D eigenvalue weighted by atomic mass is 32.2. The average Bonchev–Trinajstić information content (AvgIpc) is 3.18. The number of sulfone groups is 1. The quantitative estimate of drug-likeness (QED) is 0.500. The van der Waals surface area contributed by atoms with Gasteiger partial charge in [-0.05, 0) is 41.8 Å². The van der Waals surface area contributed by atoms with Crippen molar-refractivity contribution in [1.29, 1.82) is 0 Å². The Morgan fingerprint density at radius 1 is 1.03 bits per heavy atom. The third-order valence-corrected chi connectivity index (χ3v) is 6.56. The SMILES string of the molecule is COCCS(=O)(=O)c1ccc(-c2cc(C(F)(F)F)nn2-c2ccc(C(C)C)cc2)cc1. The summed E-state index contributed by atoms with van der Waals surface area (Å²) in [5.41, 5.74) is 1.14. The van der Waals surface area contributed by atoms with Gasteiger partial charge in [0.15, 0.2) is 15.5 Å². The molecule has 0 saturated carbocycles. The van der Waals surface area contributed by atoms with Crippen molar-refractivity contribution in [3.05, 3.63) is 65.9 Å². The highest BCUT2D eigenvalue weighted by Gasteiger charge is 2.35. The van der Waals surface area contributed by atoms with Gasteiger partial charge >= 0.3 is 6.18 Å². The molecule has 0 aliphatic rings. The number of nitrogens with zero attached hydrogens (tertiary/aromatic N) is 2. The largest absolute Gasteiger partial charge is 0.435 e. The molecule has 5 nitrogen and oxygen atoms in total. The van der Waals surface area contributed by atoms with Crippen LogP contribution in [0, 0.1) is 0 Å². The van der Waals surface area contributed by atoms with Crippen LogP contribution in [0.4, 0.5) is 13.2 Å². The molecule has 9 heteroatoms. The van der Waals surface area contributed by atoms with Gasteiger partial charge in [0.25, 0.3) is 0 Å². The number of methoxy groups -OCH3 is 1. The molecule has 0 N–H and O–H groups in total. The maximum Gasteiger partial charge on any atom is 0.435 e. The number of aromatic nitrogens is 2. The number of rotatable bonds is 7. The predicted octanol–water partition coefficient (Wildman–Crippen LogP) is 5.10. The number of hydrogen-bond acceptors (Lipinski definition) is 4. The molecule has 0 atom stereocenters. The van der Waals surface area contributed by atoms with E-state index < -0.39 is 21.7 Å². The first-order valence-corrected chi connectivity index (χ1v) is 11.3. The highest BCUT2D eigenvalue weighted by Crippen LogP contribution is 2.33. The molecule has 0 radical (unpaired) electrons. The summed E-state index contributed by atoms with van der Waals surface area (Å²) in [7, 11) is -2.13. The summed E-state index contributed by atoms with van der Waals surface area (Å²) in [6.07, 6.45) is -4.61. The van der Waals surface area contributed by atoms with Crippen LogP contribution < -0.4 is 0 Å². The van der Waals surface area contributed by atoms with Crippen molar-refractivity contribution in [3.8, 4) is 16.9 Å². The van der Waals surface area contributed by atoms with Crippen LogP contribution in [0.5, 0.6) is 0 Å². The monoisotopic (exact) mass is 452 g/mol. The lowest BCUT2D eigenvalue weighted by molar-refractivity contribution is -0.141. The molecule has 2 aromatic carbocycles. The topological polar surface area (TPSA) is 61.2 Å². The first-order valence-electron chi connectivity index (χ1n) is 9.62. The fourth-order valence-electron chi connectivity index (χ4n) is 3.07. The molecule has 3 rings (SSSR count). The summed E-state index contributed by atoms with van der Waals surface area (Å²) in [6, 6.07) is 13.8. The van der Waals surface area contributed by atoms with E-state index in [1.54, 1.807) is 12.1 Å². The molecule has 3 aromatic rings. The van der Waals surface area contributed by atoms with Gasteiger partial charge < -0.3 is 4.74 Å². The van der Waals surface area contributed by atoms with Gasteiger partial charge in [-0.15, -0.1) is 0 Å². The highest BCUT2D eigenvalue weighted by molar-refractivity contribution is 7.91. The van der Waals surface area contributed by atoms with Gasteiger partial charge in [0.1, 0.15) is 0 Å². The molecular formula is C22H23F3N2O3S. The van der Waals surface area contributed by atoms with Crippen LogP contribution in [-0.2, 0) is 20.8 Å². The van der Waals surface area contributed by atoms with Gasteiger partial charge in [-0.3, -0.25) is 0 Å². The van der Waals surface area contributed by atoms with Crippen LogP contribution in [0.25, 0.3) is 16.9 Å². The summed E-state index contributed by atoms with van der Waals surface area (Å²) in [6.45, 7) is 4.11. The Kier molecular flexibility index (Phi) is 6.56. The number of ether oxygens (including phenoxy) is 1. The van der Waals surface area contributed by atoms with E-state index in [4.69, 9.17) is 4.74 Å². The maximum absolute atomic E-state index is 13.4. The zero-order chi connectivity index (χ0) is 22.8. The maximum atomic E-state index is 13.4. The fraction of sp³-hybridized carbons (Fsp3) is 0.318. The molecule has 31 heavy (non-hydrogen) atoms. The molecule has 0 saturated heterocycles. The minimum absolute atomic E-state index is 0.0537. The summed E-state index contributed by atoms with van der Waals surface area (Å²) in [5, 5.41) is 3.77. The van der Waals surface area contributed by atoms with E-state index in [0.717, 1.165) is 11.6 Å². The molecule has 0 bridgehead atoms. The minimum Gasteiger partial charge on any atom is -0.384 e. The van der Waals surface area contributed by atoms with Gasteiger partial charge in [-0.1, -0.05) is 38.1 Å². The first-order chi connectivity index (χ1) is 14.5. The van der Waals surface area contributed by atoms with Crippen molar-refractivity contribution in [1.82, 2.24) is 9.78 Å². The Bertz CT molecular complexity index is 1130. The molecule has 1 heterocycles. The molecule has 0 unspecified atom stereocenters. The Hall–Kier alpha value is -2.65. The second kappa shape index (κ2) is 8.84. The van der Waals surface area contributed by atoms with E-state index in [1.165, 1.54) is 36.1 Å². The third-order valence-electron chi connectivity index (χ3n) is 4.87. The van der Waals surface area contributed by atoms with E-state index in [0.29, 0.717) is 11.3 Å². The van der Waals surface area contributed by atoms with Gasteiger partial charge in [0.05, 0.1) is 28.6 Å². The molecule has 0 fully saturated rings. The van der Waals surface area contributed by atoms with Crippen LogP contribution in [0.15, 0.2) is 59.5 Å². The minimum atomic E-state index is -4.61. The van der Waals surface area contributed by atoms with Gasteiger partial charge in [-0.2, -0.15) is 18.3 Å². The molecule has 0 spiro atoms. The normalized spacial score (nSPS) is 12.5. The second-order valence-electron chi connectivity index (χ2n) is 7.41. The predicted molar refractivity (Wildman–Crippen MR) is 112 cm³/mol. The molecule has 0 amide bonds. The third kappa shape index (κ3) is 5.16. The van der Waals surface area contributed by atoms with Crippen LogP contribution in [-0.4, -0.2) is 37.7 Å². The number of benzene rings is 2. The standard InChI is InChI=1S/C22H23F3N2O3S/c1-15(2)16-4-8-18(9-5-16)27-20(14-21(26-27)22(23,24)25)17-6-10-19(11-7-17)31(28,29)13-12-30-3/h4-11,14-15H,12-13H2,1-3H3. The lowest BCUT2D eigenvalue weighted by Gasteiger charge is -2.11. The molecule has 166 valence electrons. The van der Waals surface area contributed by atoms with Crippen molar-refractivity contribution in [3.63, 3.8) is 0 Å². The zero-order valence-electron chi connectivity index (χ0n) is 17.3. The Labute approximate surface area is 179 Å². The van der Waals surface area contributed by atoms with Gasteiger partial charge in [-0.25, -0.2) is 13.1 Å². The molecule has 1 aromatic heterocycles. The van der Waals surface area contributed by atoms with Crippen LogP contribution >= 0.6 is 0 Å². The smallest absolute Gasteiger partial charge is 0.384 e. The van der Waals surface area contributed by atoms with E-state index in [-0.39, 0.29) is 28.9 Å². The summed E-state index contributed by atoms with van der Waals surface area (Å²) in [4.78, 5) is 0.0803. The summed E-state index contributed by atoms with van der Waals surface area (Å²) in [5.74, 6) is 0.103. The number of halogens is 3. The van der Waals surface area contributed by atoms with Gasteiger partial charge in [0, 0.05) is 12.7 Å². The summed E-state index contributed by atoms with van der Waals surface area (Å²) < 4.78 is 70.7.